The number of rotatable bonds is 2. The Morgan fingerprint density at radius 1 is 1.56 bits per heavy atom. The Morgan fingerprint density at radius 3 is 2.94 bits per heavy atom. The first-order valence-corrected chi connectivity index (χ1v) is 6.05. The van der Waals surface area contributed by atoms with Gasteiger partial charge in [0.2, 0.25) is 5.91 Å². The monoisotopic (exact) mass is 248 g/mol. The molecule has 1 aromatic carbocycles. The first kappa shape index (κ1) is 12.8. The third-order valence-electron chi connectivity index (χ3n) is 3.16. The summed E-state index contributed by atoms with van der Waals surface area (Å²) < 4.78 is 13.1. The number of nitrogens with zero attached hydrogens (tertiary/aromatic N) is 1. The molecule has 0 saturated carbocycles. The van der Waals surface area contributed by atoms with Crippen molar-refractivity contribution in [1.29, 1.82) is 0 Å². The number of likely N-dealkylation sites (tertiary alicyclic amines) is 1. The number of hydrogen-bond acceptors (Lipinski definition) is 2. The molecular formula is C14H17FN2O. The van der Waals surface area contributed by atoms with Crippen LogP contribution in [0.5, 0.6) is 0 Å². The van der Waals surface area contributed by atoms with E-state index in [4.69, 9.17) is 5.73 Å². The summed E-state index contributed by atoms with van der Waals surface area (Å²) in [5.41, 5.74) is 7.25. The average molecular weight is 248 g/mol. The summed E-state index contributed by atoms with van der Waals surface area (Å²) in [5.74, 6) is -0.347. The van der Waals surface area contributed by atoms with Crippen LogP contribution >= 0.6 is 0 Å². The number of halogens is 1. The highest BCUT2D eigenvalue weighted by Gasteiger charge is 2.22. The van der Waals surface area contributed by atoms with E-state index in [2.05, 4.69) is 0 Å². The van der Waals surface area contributed by atoms with Crippen LogP contribution in [0.1, 0.15) is 18.9 Å². The Morgan fingerprint density at radius 2 is 2.33 bits per heavy atom. The predicted octanol–water partition coefficient (Wildman–Crippen LogP) is 1.79. The van der Waals surface area contributed by atoms with E-state index in [0.717, 1.165) is 17.6 Å². The van der Waals surface area contributed by atoms with Crippen LogP contribution in [0.15, 0.2) is 30.3 Å². The highest BCUT2D eigenvalue weighted by atomic mass is 19.1. The molecule has 1 heterocycles. The molecule has 0 unspecified atom stereocenters. The number of carbonyl (C=O) groups is 1. The van der Waals surface area contributed by atoms with Crippen molar-refractivity contribution in [2.45, 2.75) is 19.4 Å². The molecule has 2 rings (SSSR count). The normalized spacial score (nSPS) is 20.3. The first-order chi connectivity index (χ1) is 8.56. The van der Waals surface area contributed by atoms with Crippen LogP contribution in [0.3, 0.4) is 0 Å². The molecule has 1 aliphatic heterocycles. The maximum atomic E-state index is 13.1. The summed E-state index contributed by atoms with van der Waals surface area (Å²) >= 11 is 0. The summed E-state index contributed by atoms with van der Waals surface area (Å²) in [5, 5.41) is 0. The van der Waals surface area contributed by atoms with Gasteiger partial charge in [-0.1, -0.05) is 12.1 Å². The van der Waals surface area contributed by atoms with Gasteiger partial charge in [-0.3, -0.25) is 4.79 Å². The molecule has 1 saturated heterocycles. The van der Waals surface area contributed by atoms with Gasteiger partial charge in [-0.15, -0.1) is 0 Å². The zero-order valence-electron chi connectivity index (χ0n) is 10.4. The number of allylic oxidation sites excluding steroid dienone is 1. The van der Waals surface area contributed by atoms with E-state index in [1.54, 1.807) is 23.1 Å². The summed E-state index contributed by atoms with van der Waals surface area (Å²) in [6.45, 7) is 3.11. The Kier molecular flexibility index (Phi) is 3.77. The smallest absolute Gasteiger partial charge is 0.246 e. The van der Waals surface area contributed by atoms with Gasteiger partial charge in [-0.2, -0.15) is 0 Å². The van der Waals surface area contributed by atoms with Gasteiger partial charge in [-0.05, 0) is 36.6 Å². The second kappa shape index (κ2) is 5.31. The standard InChI is InChI=1S/C14H17FN2O/c1-10(11-3-2-4-12(15)8-11)7-14(18)17-6-5-13(16)9-17/h2-4,7-8,13H,5-6,9,16H2,1H3/b10-7-/t13-/m1/s1. The molecule has 18 heavy (non-hydrogen) atoms. The van der Waals surface area contributed by atoms with Gasteiger partial charge in [0.25, 0.3) is 0 Å². The summed E-state index contributed by atoms with van der Waals surface area (Å²) in [4.78, 5) is 13.7. The highest BCUT2D eigenvalue weighted by molar-refractivity contribution is 5.95. The average Bonchev–Trinajstić information content (AvgIpc) is 2.76. The second-order valence-corrected chi connectivity index (χ2v) is 4.67. The fourth-order valence-corrected chi connectivity index (χ4v) is 2.08. The van der Waals surface area contributed by atoms with Crippen molar-refractivity contribution in [1.82, 2.24) is 4.90 Å². The predicted molar refractivity (Wildman–Crippen MR) is 69.2 cm³/mol. The van der Waals surface area contributed by atoms with Crippen molar-refractivity contribution in [3.05, 3.63) is 41.7 Å². The third-order valence-corrected chi connectivity index (χ3v) is 3.16. The van der Waals surface area contributed by atoms with Gasteiger partial charge in [0.05, 0.1) is 0 Å². The number of hydrogen-bond donors (Lipinski definition) is 1. The van der Waals surface area contributed by atoms with E-state index in [0.29, 0.717) is 13.1 Å². The lowest BCUT2D eigenvalue weighted by atomic mass is 10.1. The van der Waals surface area contributed by atoms with Crippen LogP contribution in [0.4, 0.5) is 4.39 Å². The molecule has 1 amide bonds. The van der Waals surface area contributed by atoms with Gasteiger partial charge in [0.1, 0.15) is 5.82 Å². The van der Waals surface area contributed by atoms with Crippen LogP contribution in [-0.2, 0) is 4.79 Å². The van der Waals surface area contributed by atoms with Crippen LogP contribution in [0.25, 0.3) is 5.57 Å². The third kappa shape index (κ3) is 2.96. The Balaban J connectivity index is 2.10. The minimum Gasteiger partial charge on any atom is -0.338 e. The van der Waals surface area contributed by atoms with Crippen LogP contribution in [0.2, 0.25) is 0 Å². The van der Waals surface area contributed by atoms with Crippen molar-refractivity contribution >= 4 is 11.5 Å². The molecule has 0 aromatic heterocycles. The molecule has 1 atom stereocenters. The molecule has 1 fully saturated rings. The molecule has 1 aliphatic rings. The quantitative estimate of drug-likeness (QED) is 0.811. The molecular weight excluding hydrogens is 231 g/mol. The van der Waals surface area contributed by atoms with Crippen molar-refractivity contribution < 1.29 is 9.18 Å². The highest BCUT2D eigenvalue weighted by Crippen LogP contribution is 2.16. The largest absolute Gasteiger partial charge is 0.338 e. The zero-order chi connectivity index (χ0) is 13.1. The van der Waals surface area contributed by atoms with Crippen molar-refractivity contribution in [2.24, 2.45) is 5.73 Å². The fraction of sp³-hybridized carbons (Fsp3) is 0.357. The lowest BCUT2D eigenvalue weighted by Gasteiger charge is -2.13. The fourth-order valence-electron chi connectivity index (χ4n) is 2.08. The summed E-state index contributed by atoms with van der Waals surface area (Å²) in [7, 11) is 0. The van der Waals surface area contributed by atoms with Gasteiger partial charge in [0, 0.05) is 25.2 Å². The topological polar surface area (TPSA) is 46.3 Å². The summed E-state index contributed by atoms with van der Waals surface area (Å²) in [6.07, 6.45) is 2.39. The Hall–Kier alpha value is -1.68. The second-order valence-electron chi connectivity index (χ2n) is 4.67. The van der Waals surface area contributed by atoms with E-state index >= 15 is 0 Å². The minimum atomic E-state index is -0.295. The number of benzene rings is 1. The molecule has 0 radical (unpaired) electrons. The molecule has 0 aliphatic carbocycles. The van der Waals surface area contributed by atoms with Crippen molar-refractivity contribution in [3.8, 4) is 0 Å². The SMILES string of the molecule is C/C(=C/C(=O)N1CC[C@@H](N)C1)c1cccc(F)c1. The van der Waals surface area contributed by atoms with E-state index in [9.17, 15) is 9.18 Å². The van der Waals surface area contributed by atoms with E-state index in [-0.39, 0.29) is 17.8 Å². The lowest BCUT2D eigenvalue weighted by molar-refractivity contribution is -0.125. The molecule has 96 valence electrons. The van der Waals surface area contributed by atoms with Gasteiger partial charge >= 0.3 is 0 Å². The van der Waals surface area contributed by atoms with Gasteiger partial charge in [0.15, 0.2) is 0 Å². The number of amides is 1. The van der Waals surface area contributed by atoms with Crippen LogP contribution in [0, 0.1) is 5.82 Å². The van der Waals surface area contributed by atoms with Crippen molar-refractivity contribution in [3.63, 3.8) is 0 Å². The zero-order valence-corrected chi connectivity index (χ0v) is 10.4. The molecule has 1 aromatic rings. The van der Waals surface area contributed by atoms with Crippen LogP contribution in [-0.4, -0.2) is 29.9 Å². The van der Waals surface area contributed by atoms with E-state index in [1.165, 1.54) is 12.1 Å². The summed E-state index contributed by atoms with van der Waals surface area (Å²) in [6, 6.07) is 6.32. The Labute approximate surface area is 106 Å². The molecule has 0 spiro atoms. The lowest BCUT2D eigenvalue weighted by Crippen LogP contribution is -2.30. The van der Waals surface area contributed by atoms with E-state index < -0.39 is 0 Å². The molecule has 3 nitrogen and oxygen atoms in total. The maximum Gasteiger partial charge on any atom is 0.246 e. The number of carbonyl (C=O) groups excluding carboxylic acids is 1. The minimum absolute atomic E-state index is 0.0512. The maximum absolute atomic E-state index is 13.1. The Bertz CT molecular complexity index is 484. The molecule has 4 heteroatoms. The van der Waals surface area contributed by atoms with Gasteiger partial charge in [-0.25, -0.2) is 4.39 Å². The van der Waals surface area contributed by atoms with E-state index in [1.807, 2.05) is 6.92 Å². The molecule has 0 bridgehead atoms. The van der Waals surface area contributed by atoms with Crippen LogP contribution < -0.4 is 5.73 Å². The number of nitrogens with two attached hydrogens (primary N) is 1. The first-order valence-electron chi connectivity index (χ1n) is 6.05. The van der Waals surface area contributed by atoms with Crippen molar-refractivity contribution in [2.75, 3.05) is 13.1 Å². The van der Waals surface area contributed by atoms with Gasteiger partial charge < -0.3 is 10.6 Å². The molecule has 2 N–H and O–H groups in total.